The van der Waals surface area contributed by atoms with Crippen LogP contribution in [0.2, 0.25) is 0 Å². The number of aliphatic hydroxyl groups excluding tert-OH is 4. The van der Waals surface area contributed by atoms with E-state index in [1.807, 2.05) is 0 Å². The van der Waals surface area contributed by atoms with Crippen molar-refractivity contribution < 1.29 is 58.4 Å². The van der Waals surface area contributed by atoms with Gasteiger partial charge in [0.2, 0.25) is 23.2 Å². The summed E-state index contributed by atoms with van der Waals surface area (Å²) in [5.41, 5.74) is -0.336. The second-order valence-corrected chi connectivity index (χ2v) is 8.31. The molecule has 3 aromatic rings. The van der Waals surface area contributed by atoms with E-state index in [2.05, 4.69) is 0 Å². The quantitative estimate of drug-likeness (QED) is 0.266. The number of rotatable bonds is 8. The monoisotopic (exact) mass is 536 g/mol. The van der Waals surface area contributed by atoms with E-state index in [9.17, 15) is 30.3 Å². The molecule has 1 aliphatic rings. The van der Waals surface area contributed by atoms with Crippen molar-refractivity contribution in [3.63, 3.8) is 0 Å². The van der Waals surface area contributed by atoms with Crippen LogP contribution in [-0.4, -0.2) is 91.3 Å². The van der Waals surface area contributed by atoms with E-state index >= 15 is 0 Å². The molecule has 1 fully saturated rings. The van der Waals surface area contributed by atoms with Crippen LogP contribution in [0.4, 0.5) is 0 Å². The molecule has 5 atom stereocenters. The Kier molecular flexibility index (Phi) is 7.85. The molecule has 5 N–H and O–H groups in total. The summed E-state index contributed by atoms with van der Waals surface area (Å²) >= 11 is 0. The number of aromatic hydroxyl groups is 1. The van der Waals surface area contributed by atoms with E-state index in [4.69, 9.17) is 32.8 Å². The highest BCUT2D eigenvalue weighted by molar-refractivity contribution is 5.91. The minimum absolute atomic E-state index is 0.00145. The van der Waals surface area contributed by atoms with Crippen molar-refractivity contribution in [1.29, 1.82) is 0 Å². The molecule has 206 valence electrons. The molecule has 0 saturated carbocycles. The number of fused-ring (bicyclic) bond motifs is 1. The Balaban J connectivity index is 1.78. The molecule has 0 radical (unpaired) electrons. The van der Waals surface area contributed by atoms with Gasteiger partial charge >= 0.3 is 0 Å². The van der Waals surface area contributed by atoms with Crippen LogP contribution in [0.15, 0.2) is 33.5 Å². The summed E-state index contributed by atoms with van der Waals surface area (Å²) in [6.45, 7) is -0.617. The van der Waals surface area contributed by atoms with Gasteiger partial charge in [0.15, 0.2) is 28.8 Å². The molecule has 1 aliphatic heterocycles. The van der Waals surface area contributed by atoms with Gasteiger partial charge in [0.05, 0.1) is 35.0 Å². The molecule has 4 rings (SSSR count). The molecule has 2 aromatic carbocycles. The van der Waals surface area contributed by atoms with Gasteiger partial charge in [-0.2, -0.15) is 0 Å². The largest absolute Gasteiger partial charge is 0.504 e. The summed E-state index contributed by atoms with van der Waals surface area (Å²) in [5, 5.41) is 50.2. The second-order valence-electron chi connectivity index (χ2n) is 8.31. The maximum absolute atomic E-state index is 13.3. The van der Waals surface area contributed by atoms with Gasteiger partial charge < -0.3 is 58.4 Å². The average molecular weight is 536 g/mol. The third-order valence-electron chi connectivity index (χ3n) is 6.18. The van der Waals surface area contributed by atoms with Crippen LogP contribution >= 0.6 is 0 Å². The lowest BCUT2D eigenvalue weighted by Gasteiger charge is -2.39. The van der Waals surface area contributed by atoms with Crippen molar-refractivity contribution in [1.82, 2.24) is 0 Å². The number of ether oxygens (including phenoxy) is 6. The van der Waals surface area contributed by atoms with Gasteiger partial charge in [-0.25, -0.2) is 0 Å². The Bertz CT molecular complexity index is 1370. The normalized spacial score (nSPS) is 23.2. The molecule has 0 amide bonds. The topological polar surface area (TPSA) is 187 Å². The number of benzene rings is 2. The standard InChI is InChI=1S/C25H28O13/c1-32-12-7-10(5-6-11(12)37-25-21(31)20(30)17(27)15(9-26)38-25)22-24(35-4)19(29)16-13(36-22)8-14(33-2)23(34-3)18(16)28/h5-8,15,17,20-21,25-28,30-31H,9H2,1-4H3/t15?,17-,20?,21?,25+/m1/s1. The number of aliphatic hydroxyl groups is 4. The first-order valence-electron chi connectivity index (χ1n) is 11.3. The number of methoxy groups -OCH3 is 4. The van der Waals surface area contributed by atoms with Crippen LogP contribution in [0.3, 0.4) is 0 Å². The molecular weight excluding hydrogens is 508 g/mol. The van der Waals surface area contributed by atoms with Crippen molar-refractivity contribution in [2.24, 2.45) is 0 Å². The average Bonchev–Trinajstić information content (AvgIpc) is 2.92. The molecule has 38 heavy (non-hydrogen) atoms. The Morgan fingerprint density at radius 1 is 0.842 bits per heavy atom. The lowest BCUT2D eigenvalue weighted by atomic mass is 9.99. The number of phenolic OH excluding ortho intramolecular Hbond substituents is 1. The molecule has 0 aliphatic carbocycles. The van der Waals surface area contributed by atoms with Gasteiger partial charge in [-0.05, 0) is 18.2 Å². The molecule has 0 bridgehead atoms. The van der Waals surface area contributed by atoms with Crippen LogP contribution in [-0.2, 0) is 4.74 Å². The minimum atomic E-state index is -1.63. The molecule has 1 aromatic heterocycles. The maximum Gasteiger partial charge on any atom is 0.239 e. The molecule has 3 unspecified atom stereocenters. The van der Waals surface area contributed by atoms with Crippen LogP contribution in [0.5, 0.6) is 34.5 Å². The van der Waals surface area contributed by atoms with E-state index in [0.717, 1.165) is 0 Å². The number of phenols is 1. The smallest absolute Gasteiger partial charge is 0.239 e. The molecule has 13 heteroatoms. The third-order valence-corrected chi connectivity index (χ3v) is 6.18. The van der Waals surface area contributed by atoms with E-state index in [-0.39, 0.29) is 45.5 Å². The highest BCUT2D eigenvalue weighted by Gasteiger charge is 2.45. The predicted octanol–water partition coefficient (Wildman–Crippen LogP) is 0.379. The van der Waals surface area contributed by atoms with Crippen molar-refractivity contribution >= 4 is 11.0 Å². The van der Waals surface area contributed by atoms with Crippen LogP contribution in [0, 0.1) is 0 Å². The number of hydrogen-bond acceptors (Lipinski definition) is 13. The summed E-state index contributed by atoms with van der Waals surface area (Å²) in [6.07, 6.45) is -7.40. The maximum atomic E-state index is 13.3. The van der Waals surface area contributed by atoms with E-state index < -0.39 is 48.5 Å². The van der Waals surface area contributed by atoms with Gasteiger partial charge in [0, 0.05) is 11.6 Å². The third kappa shape index (κ3) is 4.54. The van der Waals surface area contributed by atoms with Gasteiger partial charge in [-0.3, -0.25) is 4.79 Å². The first kappa shape index (κ1) is 27.3. The second kappa shape index (κ2) is 10.9. The fourth-order valence-electron chi connectivity index (χ4n) is 4.20. The highest BCUT2D eigenvalue weighted by atomic mass is 16.7. The first-order valence-corrected chi connectivity index (χ1v) is 11.3. The summed E-state index contributed by atoms with van der Waals surface area (Å²) in [5.74, 6) is -0.373. The summed E-state index contributed by atoms with van der Waals surface area (Å²) in [6, 6.07) is 5.80. The molecule has 1 saturated heterocycles. The molecular formula is C25H28O13. The number of hydrogen-bond donors (Lipinski definition) is 5. The Morgan fingerprint density at radius 2 is 1.53 bits per heavy atom. The van der Waals surface area contributed by atoms with Gasteiger partial charge in [0.1, 0.15) is 35.4 Å². The lowest BCUT2D eigenvalue weighted by Crippen LogP contribution is -2.60. The Hall–Kier alpha value is -3.75. The predicted molar refractivity (Wildman–Crippen MR) is 130 cm³/mol. The van der Waals surface area contributed by atoms with Crippen molar-refractivity contribution in [3.8, 4) is 45.8 Å². The van der Waals surface area contributed by atoms with Gasteiger partial charge in [-0.1, -0.05) is 0 Å². The van der Waals surface area contributed by atoms with Crippen LogP contribution in [0.25, 0.3) is 22.3 Å². The summed E-state index contributed by atoms with van der Waals surface area (Å²) < 4.78 is 38.2. The highest BCUT2D eigenvalue weighted by Crippen LogP contribution is 2.44. The fourth-order valence-corrected chi connectivity index (χ4v) is 4.20. The van der Waals surface area contributed by atoms with Crippen molar-refractivity contribution in [3.05, 3.63) is 34.5 Å². The Morgan fingerprint density at radius 3 is 2.13 bits per heavy atom. The van der Waals surface area contributed by atoms with E-state index in [1.54, 1.807) is 0 Å². The Labute approximate surface area is 215 Å². The van der Waals surface area contributed by atoms with Crippen LogP contribution < -0.4 is 29.1 Å². The molecule has 13 nitrogen and oxygen atoms in total. The lowest BCUT2D eigenvalue weighted by molar-refractivity contribution is -0.277. The zero-order valence-electron chi connectivity index (χ0n) is 20.9. The fraction of sp³-hybridized carbons (Fsp3) is 0.400. The van der Waals surface area contributed by atoms with Crippen molar-refractivity contribution in [2.75, 3.05) is 35.0 Å². The zero-order chi connectivity index (χ0) is 27.7. The van der Waals surface area contributed by atoms with E-state index in [1.165, 1.54) is 52.7 Å². The molecule has 0 spiro atoms. The van der Waals surface area contributed by atoms with Gasteiger partial charge in [0.25, 0.3) is 0 Å². The SMILES string of the molecule is COc1cc(-c2oc3cc(OC)c(OC)c(O)c3c(=O)c2OC)ccc1O[C@H]1OC(CO)[C@@H](O)C(O)C1O. The van der Waals surface area contributed by atoms with Gasteiger partial charge in [-0.15, -0.1) is 0 Å². The molecule has 2 heterocycles. The minimum Gasteiger partial charge on any atom is -0.504 e. The van der Waals surface area contributed by atoms with E-state index in [0.29, 0.717) is 5.56 Å². The summed E-state index contributed by atoms with van der Waals surface area (Å²) in [4.78, 5) is 13.3. The summed E-state index contributed by atoms with van der Waals surface area (Å²) in [7, 11) is 5.30. The van der Waals surface area contributed by atoms with Crippen molar-refractivity contribution in [2.45, 2.75) is 30.7 Å². The van der Waals surface area contributed by atoms with Crippen LogP contribution in [0.1, 0.15) is 0 Å². The zero-order valence-corrected chi connectivity index (χ0v) is 20.9. The first-order chi connectivity index (χ1) is 18.2.